The Morgan fingerprint density at radius 1 is 1.31 bits per heavy atom. The van der Waals surface area contributed by atoms with Gasteiger partial charge in [0.25, 0.3) is 0 Å². The molecule has 0 bridgehead atoms. The highest BCUT2D eigenvalue weighted by Gasteiger charge is 2.37. The van der Waals surface area contributed by atoms with Gasteiger partial charge in [-0.2, -0.15) is 0 Å². The van der Waals surface area contributed by atoms with Crippen molar-refractivity contribution < 1.29 is 5.11 Å². The Morgan fingerprint density at radius 3 is 2.44 bits per heavy atom. The Kier molecular flexibility index (Phi) is 2.94. The highest BCUT2D eigenvalue weighted by atomic mass is 16.3. The number of hydrogen-bond acceptors (Lipinski definition) is 2. The van der Waals surface area contributed by atoms with Crippen LogP contribution >= 0.6 is 0 Å². The minimum absolute atomic E-state index is 0.141. The lowest BCUT2D eigenvalue weighted by molar-refractivity contribution is 0.252. The summed E-state index contributed by atoms with van der Waals surface area (Å²) in [7, 11) is 0. The molecule has 0 aliphatic heterocycles. The van der Waals surface area contributed by atoms with Gasteiger partial charge in [-0.1, -0.05) is 26.3 Å². The molecule has 1 aromatic rings. The summed E-state index contributed by atoms with van der Waals surface area (Å²) >= 11 is 0. The lowest BCUT2D eigenvalue weighted by atomic mass is 9.64. The predicted molar refractivity (Wildman–Crippen MR) is 66.8 cm³/mol. The molecule has 0 atom stereocenters. The molecule has 2 heteroatoms. The monoisotopic (exact) mass is 219 g/mol. The smallest absolute Gasteiger partial charge is 0.116 e. The molecule has 2 nitrogen and oxygen atoms in total. The molecule has 88 valence electrons. The largest absolute Gasteiger partial charge is 0.508 e. The lowest BCUT2D eigenvalue weighted by Crippen LogP contribution is -2.41. The van der Waals surface area contributed by atoms with E-state index in [4.69, 9.17) is 5.73 Å². The molecule has 0 aromatic heterocycles. The lowest BCUT2D eigenvalue weighted by Gasteiger charge is -2.42. The van der Waals surface area contributed by atoms with Gasteiger partial charge in [0, 0.05) is 12.0 Å². The van der Waals surface area contributed by atoms with Crippen molar-refractivity contribution in [2.75, 3.05) is 6.54 Å². The van der Waals surface area contributed by atoms with E-state index in [2.05, 4.69) is 19.9 Å². The first-order valence-electron chi connectivity index (χ1n) is 6.12. The molecule has 16 heavy (non-hydrogen) atoms. The van der Waals surface area contributed by atoms with Gasteiger partial charge in [0.05, 0.1) is 0 Å². The third-order valence-corrected chi connectivity index (χ3v) is 3.92. The van der Waals surface area contributed by atoms with Gasteiger partial charge >= 0.3 is 0 Å². The number of hydrogen-bond donors (Lipinski definition) is 2. The first-order valence-corrected chi connectivity index (χ1v) is 6.12. The van der Waals surface area contributed by atoms with Crippen LogP contribution in [0.3, 0.4) is 0 Å². The first kappa shape index (κ1) is 11.5. The molecule has 1 saturated carbocycles. The topological polar surface area (TPSA) is 46.2 Å². The molecule has 0 unspecified atom stereocenters. The predicted octanol–water partition coefficient (Wildman–Crippen LogP) is 2.90. The number of phenols is 1. The third kappa shape index (κ3) is 1.82. The molecule has 0 spiro atoms. The van der Waals surface area contributed by atoms with Gasteiger partial charge in [-0.15, -0.1) is 0 Å². The van der Waals surface area contributed by atoms with E-state index in [0.717, 1.165) is 12.8 Å². The van der Waals surface area contributed by atoms with Crippen molar-refractivity contribution in [1.82, 2.24) is 0 Å². The van der Waals surface area contributed by atoms with E-state index in [1.165, 1.54) is 17.5 Å². The minimum atomic E-state index is 0.141. The van der Waals surface area contributed by atoms with E-state index < -0.39 is 0 Å². The fourth-order valence-corrected chi connectivity index (χ4v) is 2.49. The summed E-state index contributed by atoms with van der Waals surface area (Å²) in [4.78, 5) is 0. The van der Waals surface area contributed by atoms with Crippen molar-refractivity contribution in [3.63, 3.8) is 0 Å². The Balaban J connectivity index is 2.40. The first-order chi connectivity index (χ1) is 7.57. The van der Waals surface area contributed by atoms with E-state index in [-0.39, 0.29) is 5.41 Å². The number of nitrogens with two attached hydrogens (primary N) is 1. The maximum atomic E-state index is 9.78. The van der Waals surface area contributed by atoms with Gasteiger partial charge in [0.15, 0.2) is 0 Å². The minimum Gasteiger partial charge on any atom is -0.508 e. The zero-order valence-corrected chi connectivity index (χ0v) is 10.2. The zero-order valence-electron chi connectivity index (χ0n) is 10.2. The molecular formula is C14H21NO. The van der Waals surface area contributed by atoms with Crippen molar-refractivity contribution in [2.45, 2.75) is 44.4 Å². The van der Waals surface area contributed by atoms with Crippen LogP contribution in [0.25, 0.3) is 0 Å². The fraction of sp³-hybridized carbons (Fsp3) is 0.571. The molecule has 0 radical (unpaired) electrons. The second kappa shape index (κ2) is 4.10. The number of aromatic hydroxyl groups is 1. The molecule has 3 N–H and O–H groups in total. The standard InChI is InChI=1S/C14H21NO/c1-10(2)11-6-12(8-13(16)7-11)14(9-15)4-3-5-14/h6-8,10,16H,3-5,9,15H2,1-2H3. The van der Waals surface area contributed by atoms with Gasteiger partial charge in [0.2, 0.25) is 0 Å². The van der Waals surface area contributed by atoms with Crippen LogP contribution in [0, 0.1) is 0 Å². The van der Waals surface area contributed by atoms with Gasteiger partial charge in [-0.25, -0.2) is 0 Å². The summed E-state index contributed by atoms with van der Waals surface area (Å²) in [6, 6.07) is 5.96. The maximum Gasteiger partial charge on any atom is 0.116 e. The Hall–Kier alpha value is -1.02. The summed E-state index contributed by atoms with van der Waals surface area (Å²) in [6.45, 7) is 4.98. The van der Waals surface area contributed by atoms with Crippen LogP contribution in [0.15, 0.2) is 18.2 Å². The van der Waals surface area contributed by atoms with Gasteiger partial charge in [-0.05, 0) is 42.0 Å². The highest BCUT2D eigenvalue weighted by Crippen LogP contribution is 2.44. The number of rotatable bonds is 3. The second-order valence-corrected chi connectivity index (χ2v) is 5.31. The zero-order chi connectivity index (χ0) is 11.8. The van der Waals surface area contributed by atoms with Crippen LogP contribution in [0.2, 0.25) is 0 Å². The van der Waals surface area contributed by atoms with Crippen molar-refractivity contribution in [1.29, 1.82) is 0 Å². The van der Waals surface area contributed by atoms with Crippen LogP contribution < -0.4 is 5.73 Å². The SMILES string of the molecule is CC(C)c1cc(O)cc(C2(CN)CCC2)c1. The molecule has 1 fully saturated rings. The Labute approximate surface area is 97.5 Å². The van der Waals surface area contributed by atoms with Gasteiger partial charge < -0.3 is 10.8 Å². The highest BCUT2D eigenvalue weighted by molar-refractivity contribution is 5.40. The Bertz CT molecular complexity index is 375. The number of phenolic OH excluding ortho intramolecular Hbond substituents is 1. The van der Waals surface area contributed by atoms with Crippen molar-refractivity contribution in [3.05, 3.63) is 29.3 Å². The normalized spacial score (nSPS) is 18.5. The molecule has 0 saturated heterocycles. The molecule has 0 amide bonds. The quantitative estimate of drug-likeness (QED) is 0.821. The van der Waals surface area contributed by atoms with Crippen molar-refractivity contribution in [3.8, 4) is 5.75 Å². The summed E-state index contributed by atoms with van der Waals surface area (Å²) < 4.78 is 0. The average molecular weight is 219 g/mol. The molecule has 1 aromatic carbocycles. The third-order valence-electron chi connectivity index (χ3n) is 3.92. The summed E-state index contributed by atoms with van der Waals surface area (Å²) in [5, 5.41) is 9.78. The molecule has 1 aliphatic carbocycles. The molecule has 1 aliphatic rings. The van der Waals surface area contributed by atoms with E-state index in [1.54, 1.807) is 0 Å². The summed E-state index contributed by atoms with van der Waals surface area (Å²) in [5.74, 6) is 0.821. The Morgan fingerprint density at radius 2 is 2.00 bits per heavy atom. The van der Waals surface area contributed by atoms with Gasteiger partial charge in [0.1, 0.15) is 5.75 Å². The van der Waals surface area contributed by atoms with E-state index in [1.807, 2.05) is 12.1 Å². The van der Waals surface area contributed by atoms with E-state index in [0.29, 0.717) is 18.2 Å². The van der Waals surface area contributed by atoms with Crippen LogP contribution in [0.4, 0.5) is 0 Å². The second-order valence-electron chi connectivity index (χ2n) is 5.31. The average Bonchev–Trinajstić information content (AvgIpc) is 2.16. The van der Waals surface area contributed by atoms with Crippen LogP contribution in [0.1, 0.15) is 50.2 Å². The van der Waals surface area contributed by atoms with Crippen LogP contribution in [-0.2, 0) is 5.41 Å². The molecule has 0 heterocycles. The molecule has 2 rings (SSSR count). The summed E-state index contributed by atoms with van der Waals surface area (Å²) in [5.41, 5.74) is 8.47. The van der Waals surface area contributed by atoms with E-state index in [9.17, 15) is 5.11 Å². The van der Waals surface area contributed by atoms with Crippen molar-refractivity contribution in [2.24, 2.45) is 5.73 Å². The van der Waals surface area contributed by atoms with Crippen molar-refractivity contribution >= 4 is 0 Å². The van der Waals surface area contributed by atoms with Crippen LogP contribution in [-0.4, -0.2) is 11.7 Å². The maximum absolute atomic E-state index is 9.78. The number of benzene rings is 1. The van der Waals surface area contributed by atoms with Gasteiger partial charge in [-0.3, -0.25) is 0 Å². The summed E-state index contributed by atoms with van der Waals surface area (Å²) in [6.07, 6.45) is 3.57. The fourth-order valence-electron chi connectivity index (χ4n) is 2.49. The molecular weight excluding hydrogens is 198 g/mol. The van der Waals surface area contributed by atoms with E-state index >= 15 is 0 Å². The van der Waals surface area contributed by atoms with Crippen LogP contribution in [0.5, 0.6) is 5.75 Å².